The molecule has 8 nitrogen and oxygen atoms in total. The van der Waals surface area contributed by atoms with Crippen LogP contribution in [0.3, 0.4) is 0 Å². The fraction of sp³-hybridized carbons (Fsp3) is 0.455. The molecule has 1 aromatic heterocycles. The van der Waals surface area contributed by atoms with Crippen LogP contribution >= 0.6 is 0 Å². The van der Waals surface area contributed by atoms with E-state index in [1.807, 2.05) is 6.92 Å². The van der Waals surface area contributed by atoms with Gasteiger partial charge in [0.15, 0.2) is 0 Å². The van der Waals surface area contributed by atoms with Crippen molar-refractivity contribution in [1.82, 2.24) is 9.29 Å². The van der Waals surface area contributed by atoms with Crippen molar-refractivity contribution in [3.8, 4) is 0 Å². The highest BCUT2D eigenvalue weighted by Crippen LogP contribution is 2.15. The molecule has 0 spiro atoms. The fourth-order valence-corrected chi connectivity index (χ4v) is 2.84. The Morgan fingerprint density at radius 2 is 2.10 bits per heavy atom. The molecule has 1 unspecified atom stereocenters. The lowest BCUT2D eigenvalue weighted by Crippen LogP contribution is -2.41. The lowest BCUT2D eigenvalue weighted by Gasteiger charge is -2.09. The van der Waals surface area contributed by atoms with Gasteiger partial charge in [0, 0.05) is 12.7 Å². The number of amides is 1. The largest absolute Gasteiger partial charge is 0.477 e. The van der Waals surface area contributed by atoms with Gasteiger partial charge in [0.25, 0.3) is 0 Å². The second kappa shape index (κ2) is 6.06. The summed E-state index contributed by atoms with van der Waals surface area (Å²) < 4.78 is 27.5. The maximum atomic E-state index is 12.0. The van der Waals surface area contributed by atoms with Gasteiger partial charge < -0.3 is 15.4 Å². The number of aromatic nitrogens is 1. The molecule has 0 bridgehead atoms. The highest BCUT2D eigenvalue weighted by Gasteiger charge is 2.24. The van der Waals surface area contributed by atoms with Crippen molar-refractivity contribution in [3.05, 3.63) is 18.0 Å². The summed E-state index contributed by atoms with van der Waals surface area (Å²) in [5.41, 5.74) is 4.86. The van der Waals surface area contributed by atoms with Crippen molar-refractivity contribution >= 4 is 21.9 Å². The zero-order valence-corrected chi connectivity index (χ0v) is 12.0. The maximum absolute atomic E-state index is 12.0. The summed E-state index contributed by atoms with van der Waals surface area (Å²) in [6.45, 7) is 3.52. The van der Waals surface area contributed by atoms with E-state index in [0.717, 1.165) is 6.07 Å². The van der Waals surface area contributed by atoms with Gasteiger partial charge in [-0.1, -0.05) is 6.92 Å². The van der Waals surface area contributed by atoms with Crippen LogP contribution in [0.2, 0.25) is 0 Å². The first kappa shape index (κ1) is 16.2. The maximum Gasteiger partial charge on any atom is 0.352 e. The Bertz CT molecular complexity index is 620. The summed E-state index contributed by atoms with van der Waals surface area (Å²) in [7, 11) is -3.99. The SMILES string of the molecule is CCCn1cc(S(=O)(=O)NC(C)C(N)=O)cc1C(=O)O. The Kier molecular flexibility index (Phi) is 4.90. The van der Waals surface area contributed by atoms with E-state index in [1.54, 1.807) is 0 Å². The van der Waals surface area contributed by atoms with Crippen molar-refractivity contribution in [3.63, 3.8) is 0 Å². The predicted molar refractivity (Wildman–Crippen MR) is 70.7 cm³/mol. The Labute approximate surface area is 116 Å². The van der Waals surface area contributed by atoms with Gasteiger partial charge in [-0.25, -0.2) is 13.2 Å². The fourth-order valence-electron chi connectivity index (χ4n) is 1.59. The van der Waals surface area contributed by atoms with E-state index >= 15 is 0 Å². The molecule has 0 aromatic carbocycles. The predicted octanol–water partition coefficient (Wildman–Crippen LogP) is -0.252. The first-order valence-corrected chi connectivity index (χ1v) is 7.42. The lowest BCUT2D eigenvalue weighted by molar-refractivity contribution is -0.119. The van der Waals surface area contributed by atoms with Crippen LogP contribution in [0.4, 0.5) is 0 Å². The molecule has 0 saturated carbocycles. The van der Waals surface area contributed by atoms with Gasteiger partial charge in [-0.3, -0.25) is 4.79 Å². The van der Waals surface area contributed by atoms with Crippen LogP contribution in [0.1, 0.15) is 30.8 Å². The summed E-state index contributed by atoms with van der Waals surface area (Å²) in [5, 5.41) is 9.03. The number of aryl methyl sites for hydroxylation is 1. The number of sulfonamides is 1. The van der Waals surface area contributed by atoms with Crippen LogP contribution in [-0.2, 0) is 21.4 Å². The lowest BCUT2D eigenvalue weighted by atomic mass is 10.4. The Morgan fingerprint density at radius 1 is 1.50 bits per heavy atom. The Morgan fingerprint density at radius 3 is 2.55 bits per heavy atom. The van der Waals surface area contributed by atoms with Gasteiger partial charge >= 0.3 is 5.97 Å². The summed E-state index contributed by atoms with van der Waals surface area (Å²) >= 11 is 0. The summed E-state index contributed by atoms with van der Waals surface area (Å²) in [5.74, 6) is -2.04. The Balaban J connectivity index is 3.16. The zero-order valence-electron chi connectivity index (χ0n) is 11.2. The first-order valence-electron chi connectivity index (χ1n) is 5.94. The molecule has 0 radical (unpaired) electrons. The van der Waals surface area contributed by atoms with Gasteiger partial charge in [-0.05, 0) is 19.4 Å². The topological polar surface area (TPSA) is 131 Å². The second-order valence-electron chi connectivity index (χ2n) is 4.30. The second-order valence-corrected chi connectivity index (χ2v) is 6.02. The number of hydrogen-bond acceptors (Lipinski definition) is 4. The van der Waals surface area contributed by atoms with Crippen LogP contribution < -0.4 is 10.5 Å². The van der Waals surface area contributed by atoms with Gasteiger partial charge in [-0.15, -0.1) is 0 Å². The molecule has 0 saturated heterocycles. The molecule has 1 rings (SSSR count). The van der Waals surface area contributed by atoms with Crippen LogP contribution in [0.5, 0.6) is 0 Å². The molecule has 0 aliphatic heterocycles. The molecule has 0 aliphatic carbocycles. The molecule has 1 aromatic rings. The number of carbonyl (C=O) groups is 2. The number of hydrogen-bond donors (Lipinski definition) is 3. The number of carbonyl (C=O) groups excluding carboxylic acids is 1. The van der Waals surface area contributed by atoms with Gasteiger partial charge in [0.05, 0.1) is 6.04 Å². The van der Waals surface area contributed by atoms with E-state index in [1.165, 1.54) is 17.7 Å². The standard InChI is InChI=1S/C11H17N3O5S/c1-3-4-14-6-8(5-9(14)11(16)17)20(18,19)13-7(2)10(12)15/h5-7,13H,3-4H2,1-2H3,(H2,12,15)(H,16,17). The van der Waals surface area contributed by atoms with Crippen LogP contribution in [-0.4, -0.2) is 36.0 Å². The van der Waals surface area contributed by atoms with E-state index in [0.29, 0.717) is 13.0 Å². The zero-order chi connectivity index (χ0) is 15.5. The minimum atomic E-state index is -3.99. The minimum Gasteiger partial charge on any atom is -0.477 e. The highest BCUT2D eigenvalue weighted by atomic mass is 32.2. The number of aromatic carboxylic acids is 1. The normalized spacial score (nSPS) is 13.1. The molecular weight excluding hydrogens is 286 g/mol. The molecule has 0 fully saturated rings. The molecular formula is C11H17N3O5S. The molecule has 20 heavy (non-hydrogen) atoms. The first-order chi connectivity index (χ1) is 9.19. The van der Waals surface area contributed by atoms with Crippen molar-refractivity contribution in [2.75, 3.05) is 0 Å². The van der Waals surface area contributed by atoms with E-state index < -0.39 is 27.9 Å². The van der Waals surface area contributed by atoms with Crippen molar-refractivity contribution in [2.24, 2.45) is 5.73 Å². The van der Waals surface area contributed by atoms with E-state index in [4.69, 9.17) is 10.8 Å². The molecule has 0 aliphatic rings. The van der Waals surface area contributed by atoms with Crippen LogP contribution in [0.15, 0.2) is 17.2 Å². The number of nitrogens with one attached hydrogen (secondary N) is 1. The van der Waals surface area contributed by atoms with Gasteiger partial charge in [0.2, 0.25) is 15.9 Å². The molecule has 1 amide bonds. The van der Waals surface area contributed by atoms with E-state index in [-0.39, 0.29) is 10.6 Å². The number of carboxylic acid groups (broad SMARTS) is 1. The van der Waals surface area contributed by atoms with Crippen molar-refractivity contribution in [1.29, 1.82) is 0 Å². The van der Waals surface area contributed by atoms with Crippen LogP contribution in [0, 0.1) is 0 Å². The number of nitrogens with two attached hydrogens (primary N) is 1. The summed E-state index contributed by atoms with van der Waals surface area (Å²) in [6.07, 6.45) is 1.88. The van der Waals surface area contributed by atoms with Crippen molar-refractivity contribution < 1.29 is 23.1 Å². The number of primary amides is 1. The summed E-state index contributed by atoms with van der Waals surface area (Å²) in [4.78, 5) is 21.7. The highest BCUT2D eigenvalue weighted by molar-refractivity contribution is 7.89. The van der Waals surface area contributed by atoms with Gasteiger partial charge in [0.1, 0.15) is 10.6 Å². The third-order valence-electron chi connectivity index (χ3n) is 2.62. The van der Waals surface area contributed by atoms with Gasteiger partial charge in [-0.2, -0.15) is 4.72 Å². The smallest absolute Gasteiger partial charge is 0.352 e. The molecule has 9 heteroatoms. The molecule has 1 atom stereocenters. The quantitative estimate of drug-likeness (QED) is 0.639. The summed E-state index contributed by atoms with van der Waals surface area (Å²) in [6, 6.07) is -0.0311. The molecule has 1 heterocycles. The minimum absolute atomic E-state index is 0.126. The van der Waals surface area contributed by atoms with E-state index in [2.05, 4.69) is 4.72 Å². The Hall–Kier alpha value is -1.87. The number of carboxylic acids is 1. The monoisotopic (exact) mass is 303 g/mol. The average molecular weight is 303 g/mol. The number of rotatable bonds is 7. The third kappa shape index (κ3) is 3.58. The van der Waals surface area contributed by atoms with Crippen LogP contribution in [0.25, 0.3) is 0 Å². The molecule has 112 valence electrons. The van der Waals surface area contributed by atoms with Crippen molar-refractivity contribution in [2.45, 2.75) is 37.8 Å². The third-order valence-corrected chi connectivity index (χ3v) is 4.13. The molecule has 4 N–H and O–H groups in total. The van der Waals surface area contributed by atoms with E-state index in [9.17, 15) is 18.0 Å². The average Bonchev–Trinajstić information content (AvgIpc) is 2.73. The number of nitrogens with zero attached hydrogens (tertiary/aromatic N) is 1.